The Kier molecular flexibility index (Phi) is 4.54. The minimum Gasteiger partial charge on any atom is -0.466 e. The van der Waals surface area contributed by atoms with Crippen molar-refractivity contribution < 1.29 is 14.3 Å². The molecule has 1 atom stereocenters. The molecule has 0 aromatic carbocycles. The smallest absolute Gasteiger partial charge is 0.306 e. The van der Waals surface area contributed by atoms with E-state index in [4.69, 9.17) is 0 Å². The maximum Gasteiger partial charge on any atom is 0.306 e. The zero-order chi connectivity index (χ0) is 7.98. The van der Waals surface area contributed by atoms with E-state index in [1.54, 1.807) is 13.8 Å². The van der Waals surface area contributed by atoms with Crippen LogP contribution in [0, 0.1) is 5.92 Å². The fraction of sp³-hybridized carbons (Fsp3) is 0.714. The molecule has 0 amide bonds. The van der Waals surface area contributed by atoms with Crippen LogP contribution in [-0.4, -0.2) is 18.9 Å². The SMILES string of the molecule is CCOC(=O)CC(C)C=O. The van der Waals surface area contributed by atoms with Crippen molar-refractivity contribution in [1.29, 1.82) is 0 Å². The molecule has 0 fully saturated rings. The van der Waals surface area contributed by atoms with Crippen molar-refractivity contribution in [3.05, 3.63) is 0 Å². The molecule has 0 aromatic heterocycles. The van der Waals surface area contributed by atoms with Crippen LogP contribution < -0.4 is 0 Å². The van der Waals surface area contributed by atoms with E-state index >= 15 is 0 Å². The second-order valence-corrected chi connectivity index (χ2v) is 2.12. The summed E-state index contributed by atoms with van der Waals surface area (Å²) in [5, 5.41) is 0. The Labute approximate surface area is 60.4 Å². The number of carbonyl (C=O) groups is 2. The maximum absolute atomic E-state index is 10.6. The van der Waals surface area contributed by atoms with Gasteiger partial charge in [0.25, 0.3) is 0 Å². The van der Waals surface area contributed by atoms with Gasteiger partial charge in [-0.15, -0.1) is 0 Å². The monoisotopic (exact) mass is 144 g/mol. The van der Waals surface area contributed by atoms with Gasteiger partial charge in [0.2, 0.25) is 0 Å². The maximum atomic E-state index is 10.6. The first kappa shape index (κ1) is 9.14. The summed E-state index contributed by atoms with van der Waals surface area (Å²) in [5.41, 5.74) is 0. The van der Waals surface area contributed by atoms with Gasteiger partial charge in [0.05, 0.1) is 13.0 Å². The van der Waals surface area contributed by atoms with Crippen LogP contribution in [0.5, 0.6) is 0 Å². The van der Waals surface area contributed by atoms with Crippen LogP contribution in [0.15, 0.2) is 0 Å². The lowest BCUT2D eigenvalue weighted by Gasteiger charge is -2.01. The highest BCUT2D eigenvalue weighted by Gasteiger charge is 2.07. The number of aldehydes is 1. The van der Waals surface area contributed by atoms with Gasteiger partial charge in [-0.1, -0.05) is 6.92 Å². The predicted molar refractivity (Wildman–Crippen MR) is 36.5 cm³/mol. The summed E-state index contributed by atoms with van der Waals surface area (Å²) in [6.07, 6.45) is 0.939. The molecule has 58 valence electrons. The largest absolute Gasteiger partial charge is 0.466 e. The van der Waals surface area contributed by atoms with E-state index in [0.29, 0.717) is 6.61 Å². The van der Waals surface area contributed by atoms with Crippen molar-refractivity contribution in [2.45, 2.75) is 20.3 Å². The molecule has 0 aliphatic heterocycles. The molecule has 0 bridgehead atoms. The molecule has 1 unspecified atom stereocenters. The quantitative estimate of drug-likeness (QED) is 0.432. The average molecular weight is 144 g/mol. The van der Waals surface area contributed by atoms with Crippen LogP contribution in [0.4, 0.5) is 0 Å². The first-order chi connectivity index (χ1) is 4.70. The first-order valence-corrected chi connectivity index (χ1v) is 3.31. The lowest BCUT2D eigenvalue weighted by Crippen LogP contribution is -2.09. The highest BCUT2D eigenvalue weighted by molar-refractivity contribution is 5.73. The molecule has 0 saturated carbocycles. The molecule has 0 aliphatic rings. The van der Waals surface area contributed by atoms with Crippen LogP contribution in [-0.2, 0) is 14.3 Å². The van der Waals surface area contributed by atoms with Crippen molar-refractivity contribution in [2.24, 2.45) is 5.92 Å². The second-order valence-electron chi connectivity index (χ2n) is 2.12. The van der Waals surface area contributed by atoms with Crippen LogP contribution in [0.2, 0.25) is 0 Å². The van der Waals surface area contributed by atoms with E-state index in [9.17, 15) is 9.59 Å². The standard InChI is InChI=1S/C7H12O3/c1-3-10-7(9)4-6(2)5-8/h5-6H,3-4H2,1-2H3. The molecule has 0 heterocycles. The fourth-order valence-corrected chi connectivity index (χ4v) is 0.531. The lowest BCUT2D eigenvalue weighted by molar-refractivity contribution is -0.144. The summed E-state index contributed by atoms with van der Waals surface area (Å²) in [7, 11) is 0. The summed E-state index contributed by atoms with van der Waals surface area (Å²) in [4.78, 5) is 20.7. The fourth-order valence-electron chi connectivity index (χ4n) is 0.531. The Morgan fingerprint density at radius 1 is 1.70 bits per heavy atom. The van der Waals surface area contributed by atoms with Gasteiger partial charge >= 0.3 is 5.97 Å². The number of ether oxygens (including phenoxy) is 1. The molecule has 0 aromatic rings. The summed E-state index contributed by atoms with van der Waals surface area (Å²) in [5.74, 6) is -0.527. The molecule has 0 radical (unpaired) electrons. The zero-order valence-electron chi connectivity index (χ0n) is 6.29. The van der Waals surface area contributed by atoms with E-state index in [1.165, 1.54) is 0 Å². The van der Waals surface area contributed by atoms with Crippen LogP contribution in [0.3, 0.4) is 0 Å². The Balaban J connectivity index is 3.46. The molecular formula is C7H12O3. The van der Waals surface area contributed by atoms with Crippen molar-refractivity contribution in [1.82, 2.24) is 0 Å². The minimum absolute atomic E-state index is 0.192. The third-order valence-corrected chi connectivity index (χ3v) is 1.03. The number of esters is 1. The van der Waals surface area contributed by atoms with E-state index in [0.717, 1.165) is 6.29 Å². The number of hydrogen-bond acceptors (Lipinski definition) is 3. The summed E-state index contributed by atoms with van der Waals surface area (Å²) >= 11 is 0. The third kappa shape index (κ3) is 4.06. The molecule has 0 spiro atoms. The Hall–Kier alpha value is -0.860. The van der Waals surface area contributed by atoms with Gasteiger partial charge in [-0.2, -0.15) is 0 Å². The molecule has 10 heavy (non-hydrogen) atoms. The predicted octanol–water partition coefficient (Wildman–Crippen LogP) is 0.775. The highest BCUT2D eigenvalue weighted by Crippen LogP contribution is 1.98. The topological polar surface area (TPSA) is 43.4 Å². The molecule has 0 rings (SSSR count). The van der Waals surface area contributed by atoms with Gasteiger partial charge in [-0.05, 0) is 6.92 Å². The first-order valence-electron chi connectivity index (χ1n) is 3.31. The Bertz CT molecular complexity index is 120. The van der Waals surface area contributed by atoms with Crippen LogP contribution in [0.1, 0.15) is 20.3 Å². The number of rotatable bonds is 4. The van der Waals surface area contributed by atoms with E-state index in [1.807, 2.05) is 0 Å². The second kappa shape index (κ2) is 4.97. The molecule has 0 aliphatic carbocycles. The minimum atomic E-state index is -0.304. The normalized spacial score (nSPS) is 12.2. The van der Waals surface area contributed by atoms with Crippen LogP contribution in [0.25, 0.3) is 0 Å². The Morgan fingerprint density at radius 3 is 2.70 bits per heavy atom. The van der Waals surface area contributed by atoms with Gasteiger partial charge in [-0.25, -0.2) is 0 Å². The molecular weight excluding hydrogens is 132 g/mol. The molecule has 3 heteroatoms. The average Bonchev–Trinajstić information content (AvgIpc) is 1.88. The van der Waals surface area contributed by atoms with Crippen molar-refractivity contribution in [3.8, 4) is 0 Å². The summed E-state index contributed by atoms with van der Waals surface area (Å²) < 4.78 is 4.62. The van der Waals surface area contributed by atoms with Gasteiger partial charge in [-0.3, -0.25) is 4.79 Å². The summed E-state index contributed by atoms with van der Waals surface area (Å²) in [6.45, 7) is 3.80. The number of carbonyl (C=O) groups excluding carboxylic acids is 2. The van der Waals surface area contributed by atoms with E-state index in [-0.39, 0.29) is 18.3 Å². The van der Waals surface area contributed by atoms with Gasteiger partial charge in [0.1, 0.15) is 6.29 Å². The molecule has 0 N–H and O–H groups in total. The van der Waals surface area contributed by atoms with E-state index < -0.39 is 0 Å². The van der Waals surface area contributed by atoms with Crippen LogP contribution >= 0.6 is 0 Å². The zero-order valence-corrected chi connectivity index (χ0v) is 6.29. The van der Waals surface area contributed by atoms with Gasteiger partial charge < -0.3 is 9.53 Å². The van der Waals surface area contributed by atoms with Crippen molar-refractivity contribution in [2.75, 3.05) is 6.61 Å². The van der Waals surface area contributed by atoms with Crippen molar-refractivity contribution in [3.63, 3.8) is 0 Å². The van der Waals surface area contributed by atoms with Gasteiger partial charge in [0.15, 0.2) is 0 Å². The Morgan fingerprint density at radius 2 is 2.30 bits per heavy atom. The highest BCUT2D eigenvalue weighted by atomic mass is 16.5. The molecule has 0 saturated heterocycles. The molecule has 3 nitrogen and oxygen atoms in total. The van der Waals surface area contributed by atoms with E-state index in [2.05, 4.69) is 4.74 Å². The van der Waals surface area contributed by atoms with Crippen molar-refractivity contribution >= 4 is 12.3 Å². The summed E-state index contributed by atoms with van der Waals surface area (Å²) in [6, 6.07) is 0. The lowest BCUT2D eigenvalue weighted by atomic mass is 10.1. The third-order valence-electron chi connectivity index (χ3n) is 1.03. The number of hydrogen-bond donors (Lipinski definition) is 0. The van der Waals surface area contributed by atoms with Gasteiger partial charge in [0, 0.05) is 5.92 Å².